The van der Waals surface area contributed by atoms with Crippen LogP contribution in [0.3, 0.4) is 0 Å². The lowest BCUT2D eigenvalue weighted by molar-refractivity contribution is -0.129. The lowest BCUT2D eigenvalue weighted by Gasteiger charge is -2.14. The van der Waals surface area contributed by atoms with E-state index in [2.05, 4.69) is 20.2 Å². The number of nitrogens with zero attached hydrogens (tertiary/aromatic N) is 5. The Labute approximate surface area is 115 Å². The van der Waals surface area contributed by atoms with E-state index in [1.54, 1.807) is 11.9 Å². The predicted octanol–water partition coefficient (Wildman–Crippen LogP) is 0.653. The lowest BCUT2D eigenvalue weighted by atomic mass is 10.3. The molecule has 1 N–H and O–H groups in total. The van der Waals surface area contributed by atoms with Gasteiger partial charge in [-0.3, -0.25) is 9.89 Å². The average Bonchev–Trinajstić information content (AvgIpc) is 3.06. The molecule has 3 aromatic heterocycles. The molecule has 0 unspecified atom stereocenters. The van der Waals surface area contributed by atoms with Gasteiger partial charge in [0.25, 0.3) is 0 Å². The molecular weight excluding hydrogens is 256 g/mol. The zero-order valence-corrected chi connectivity index (χ0v) is 11.0. The number of pyridine rings is 1. The quantitative estimate of drug-likeness (QED) is 0.755. The van der Waals surface area contributed by atoms with E-state index in [0.717, 1.165) is 11.3 Å². The molecule has 0 aromatic carbocycles. The van der Waals surface area contributed by atoms with E-state index in [4.69, 9.17) is 0 Å². The van der Waals surface area contributed by atoms with E-state index in [1.807, 2.05) is 35.0 Å². The van der Waals surface area contributed by atoms with Crippen molar-refractivity contribution in [3.63, 3.8) is 0 Å². The third-order valence-electron chi connectivity index (χ3n) is 3.02. The summed E-state index contributed by atoms with van der Waals surface area (Å²) in [5.74, 6) is 0.653. The minimum Gasteiger partial charge on any atom is -0.338 e. The summed E-state index contributed by atoms with van der Waals surface area (Å²) in [6, 6.07) is 5.76. The van der Waals surface area contributed by atoms with Crippen molar-refractivity contribution in [1.82, 2.24) is 29.5 Å². The number of aromatic nitrogens is 5. The molecule has 7 heteroatoms. The van der Waals surface area contributed by atoms with E-state index in [-0.39, 0.29) is 12.3 Å². The fourth-order valence-electron chi connectivity index (χ4n) is 1.98. The Kier molecular flexibility index (Phi) is 3.16. The number of imidazole rings is 1. The van der Waals surface area contributed by atoms with Crippen molar-refractivity contribution in [1.29, 1.82) is 0 Å². The number of rotatable bonds is 4. The molecule has 7 nitrogen and oxygen atoms in total. The highest BCUT2D eigenvalue weighted by Gasteiger charge is 2.13. The summed E-state index contributed by atoms with van der Waals surface area (Å²) in [4.78, 5) is 22.1. The number of fused-ring (bicyclic) bond motifs is 1. The monoisotopic (exact) mass is 270 g/mol. The molecule has 3 rings (SSSR count). The van der Waals surface area contributed by atoms with Crippen LogP contribution in [0.15, 0.2) is 36.9 Å². The first kappa shape index (κ1) is 12.3. The molecule has 3 aromatic rings. The first-order valence-corrected chi connectivity index (χ1v) is 6.23. The number of hydrogen-bond acceptors (Lipinski definition) is 4. The van der Waals surface area contributed by atoms with Gasteiger partial charge in [0.15, 0.2) is 0 Å². The molecule has 102 valence electrons. The molecule has 0 bridgehead atoms. The van der Waals surface area contributed by atoms with E-state index in [1.165, 1.54) is 6.33 Å². The van der Waals surface area contributed by atoms with Crippen molar-refractivity contribution >= 4 is 11.6 Å². The predicted molar refractivity (Wildman–Crippen MR) is 71.8 cm³/mol. The Morgan fingerprint density at radius 3 is 3.10 bits per heavy atom. The van der Waals surface area contributed by atoms with Gasteiger partial charge < -0.3 is 9.30 Å². The largest absolute Gasteiger partial charge is 0.338 e. The lowest BCUT2D eigenvalue weighted by Crippen LogP contribution is -2.28. The van der Waals surface area contributed by atoms with Crippen molar-refractivity contribution in [3.05, 3.63) is 48.4 Å². The molecule has 0 saturated heterocycles. The van der Waals surface area contributed by atoms with Gasteiger partial charge in [-0.25, -0.2) is 9.97 Å². The van der Waals surface area contributed by atoms with Crippen LogP contribution in [0.25, 0.3) is 5.65 Å². The van der Waals surface area contributed by atoms with Crippen LogP contribution in [-0.2, 0) is 17.8 Å². The summed E-state index contributed by atoms with van der Waals surface area (Å²) in [5, 5.41) is 6.49. The molecule has 0 fully saturated rings. The Bertz CT molecular complexity index is 684. The number of carbonyl (C=O) groups excluding carboxylic acids is 1. The normalized spacial score (nSPS) is 10.8. The molecule has 0 aliphatic heterocycles. The van der Waals surface area contributed by atoms with Crippen LogP contribution in [0, 0.1) is 0 Å². The molecule has 3 heterocycles. The minimum atomic E-state index is -0.00944. The fraction of sp³-hybridized carbons (Fsp3) is 0.231. The van der Waals surface area contributed by atoms with Gasteiger partial charge in [0, 0.05) is 19.4 Å². The van der Waals surface area contributed by atoms with Crippen LogP contribution in [0.2, 0.25) is 0 Å². The molecular formula is C13H14N6O. The zero-order valence-electron chi connectivity index (χ0n) is 11.0. The molecule has 0 aliphatic rings. The number of hydrogen-bond donors (Lipinski definition) is 1. The van der Waals surface area contributed by atoms with Crippen molar-refractivity contribution in [3.8, 4) is 0 Å². The average molecular weight is 270 g/mol. The summed E-state index contributed by atoms with van der Waals surface area (Å²) in [5.41, 5.74) is 1.60. The minimum absolute atomic E-state index is 0.00944. The van der Waals surface area contributed by atoms with Crippen LogP contribution >= 0.6 is 0 Å². The number of amides is 1. The molecule has 1 amide bonds. The highest BCUT2D eigenvalue weighted by Crippen LogP contribution is 2.07. The second-order valence-electron chi connectivity index (χ2n) is 4.56. The van der Waals surface area contributed by atoms with Crippen LogP contribution in [0.1, 0.15) is 11.5 Å². The molecule has 0 atom stereocenters. The standard InChI is InChI=1S/C13H14N6O/c1-18(8-11-14-9-15-17-11)13(20)6-10-7-19-5-3-2-4-12(19)16-10/h2-5,7,9H,6,8H2,1H3,(H,14,15,17). The second-order valence-corrected chi connectivity index (χ2v) is 4.56. The van der Waals surface area contributed by atoms with E-state index in [0.29, 0.717) is 12.4 Å². The summed E-state index contributed by atoms with van der Waals surface area (Å²) < 4.78 is 1.90. The summed E-state index contributed by atoms with van der Waals surface area (Å²) in [7, 11) is 1.74. The van der Waals surface area contributed by atoms with Gasteiger partial charge in [-0.05, 0) is 12.1 Å². The number of H-pyrrole nitrogens is 1. The third-order valence-corrected chi connectivity index (χ3v) is 3.02. The maximum atomic E-state index is 12.1. The van der Waals surface area contributed by atoms with E-state index < -0.39 is 0 Å². The zero-order chi connectivity index (χ0) is 13.9. The number of aromatic amines is 1. The number of likely N-dealkylation sites (N-methyl/N-ethyl adjacent to an activating group) is 1. The summed E-state index contributed by atoms with van der Waals surface area (Å²) >= 11 is 0. The SMILES string of the molecule is CN(Cc1ncn[nH]1)C(=O)Cc1cn2ccccc2n1. The number of nitrogens with one attached hydrogen (secondary N) is 1. The first-order valence-electron chi connectivity index (χ1n) is 6.23. The highest BCUT2D eigenvalue weighted by atomic mass is 16.2. The van der Waals surface area contributed by atoms with Crippen molar-refractivity contribution in [2.45, 2.75) is 13.0 Å². The summed E-state index contributed by atoms with van der Waals surface area (Å²) in [6.07, 6.45) is 5.48. The highest BCUT2D eigenvalue weighted by molar-refractivity contribution is 5.78. The Morgan fingerprint density at radius 2 is 2.35 bits per heavy atom. The maximum Gasteiger partial charge on any atom is 0.228 e. The van der Waals surface area contributed by atoms with Crippen molar-refractivity contribution in [2.24, 2.45) is 0 Å². The van der Waals surface area contributed by atoms with E-state index >= 15 is 0 Å². The fourth-order valence-corrected chi connectivity index (χ4v) is 1.98. The van der Waals surface area contributed by atoms with Gasteiger partial charge in [-0.15, -0.1) is 0 Å². The van der Waals surface area contributed by atoms with Gasteiger partial charge in [0.05, 0.1) is 18.7 Å². The Morgan fingerprint density at radius 1 is 1.45 bits per heavy atom. The Balaban J connectivity index is 1.68. The van der Waals surface area contributed by atoms with Crippen molar-refractivity contribution in [2.75, 3.05) is 7.05 Å². The van der Waals surface area contributed by atoms with Gasteiger partial charge in [0.1, 0.15) is 17.8 Å². The summed E-state index contributed by atoms with van der Waals surface area (Å²) in [6.45, 7) is 0.409. The molecule has 0 spiro atoms. The molecule has 20 heavy (non-hydrogen) atoms. The third kappa shape index (κ3) is 2.51. The molecule has 0 aliphatic carbocycles. The number of carbonyl (C=O) groups is 1. The second kappa shape index (κ2) is 5.12. The molecule has 0 saturated carbocycles. The first-order chi connectivity index (χ1) is 9.72. The van der Waals surface area contributed by atoms with Crippen LogP contribution < -0.4 is 0 Å². The van der Waals surface area contributed by atoms with Crippen LogP contribution in [0.4, 0.5) is 0 Å². The van der Waals surface area contributed by atoms with Gasteiger partial charge in [-0.2, -0.15) is 5.10 Å². The molecule has 0 radical (unpaired) electrons. The topological polar surface area (TPSA) is 79.2 Å². The smallest absolute Gasteiger partial charge is 0.228 e. The van der Waals surface area contributed by atoms with Crippen molar-refractivity contribution < 1.29 is 4.79 Å². The van der Waals surface area contributed by atoms with Gasteiger partial charge >= 0.3 is 0 Å². The Hall–Kier alpha value is -2.70. The van der Waals surface area contributed by atoms with Gasteiger partial charge in [0.2, 0.25) is 5.91 Å². The van der Waals surface area contributed by atoms with Crippen LogP contribution in [0.5, 0.6) is 0 Å². The maximum absolute atomic E-state index is 12.1. The van der Waals surface area contributed by atoms with Gasteiger partial charge in [-0.1, -0.05) is 6.07 Å². The van der Waals surface area contributed by atoms with Crippen LogP contribution in [-0.4, -0.2) is 42.4 Å². The van der Waals surface area contributed by atoms with E-state index in [9.17, 15) is 4.79 Å².